The van der Waals surface area contributed by atoms with Gasteiger partial charge in [0.15, 0.2) is 0 Å². The third kappa shape index (κ3) is 5.50. The second kappa shape index (κ2) is 9.07. The first-order chi connectivity index (χ1) is 9.69. The first-order valence-electron chi connectivity index (χ1n) is 8.05. The first kappa shape index (κ1) is 20.8. The van der Waals surface area contributed by atoms with Crippen molar-refractivity contribution in [1.29, 1.82) is 0 Å². The zero-order chi connectivity index (χ0) is 16.7. The van der Waals surface area contributed by atoms with Crippen LogP contribution in [0.2, 0.25) is 23.7 Å². The Morgan fingerprint density at radius 2 is 1.62 bits per heavy atom. The smallest absolute Gasteiger partial charge is 0.402 e. The summed E-state index contributed by atoms with van der Waals surface area (Å²) in [6.07, 6.45) is 1.70. The molecule has 21 heavy (non-hydrogen) atoms. The highest BCUT2D eigenvalue weighted by atomic mass is 28.4. The van der Waals surface area contributed by atoms with Crippen molar-refractivity contribution >= 4 is 23.6 Å². The molecule has 0 bridgehead atoms. The molecule has 0 fully saturated rings. The highest BCUT2D eigenvalue weighted by Crippen LogP contribution is 2.38. The fourth-order valence-electron chi connectivity index (χ4n) is 1.94. The monoisotopic (exact) mass is 333 g/mol. The molecule has 1 radical (unpaired) electrons. The topological polar surface area (TPSA) is 44.8 Å². The van der Waals surface area contributed by atoms with Crippen LogP contribution in [0.4, 0.5) is 0 Å². The molecule has 2 unspecified atom stereocenters. The number of rotatable bonds is 10. The van der Waals surface area contributed by atoms with Gasteiger partial charge in [-0.1, -0.05) is 27.2 Å². The quantitative estimate of drug-likeness (QED) is 0.560. The van der Waals surface area contributed by atoms with Gasteiger partial charge in [0, 0.05) is 13.2 Å². The molecule has 0 aliphatic carbocycles. The second-order valence-electron chi connectivity index (χ2n) is 6.14. The van der Waals surface area contributed by atoms with Crippen LogP contribution in [0.5, 0.6) is 0 Å². The Kier molecular flexibility index (Phi) is 9.00. The predicted molar refractivity (Wildman–Crippen MR) is 91.0 cm³/mol. The van der Waals surface area contributed by atoms with E-state index in [4.69, 9.17) is 13.3 Å². The van der Waals surface area contributed by atoms with E-state index in [0.717, 1.165) is 6.42 Å². The molecule has 0 amide bonds. The van der Waals surface area contributed by atoms with Gasteiger partial charge < -0.3 is 13.3 Å². The van der Waals surface area contributed by atoms with E-state index in [-0.39, 0.29) is 5.97 Å². The second-order valence-corrected chi connectivity index (χ2v) is 12.8. The molecule has 0 rings (SSSR count). The van der Waals surface area contributed by atoms with Crippen molar-refractivity contribution < 1.29 is 18.1 Å². The van der Waals surface area contributed by atoms with Crippen molar-refractivity contribution in [3.05, 3.63) is 0 Å². The molecule has 0 aliphatic heterocycles. The number of carbonyl (C=O) groups excluding carboxylic acids is 1. The Morgan fingerprint density at radius 1 is 1.14 bits per heavy atom. The van der Waals surface area contributed by atoms with E-state index in [1.165, 1.54) is 0 Å². The maximum Gasteiger partial charge on any atom is 0.402 e. The minimum atomic E-state index is -2.03. The molecular weight excluding hydrogens is 300 g/mol. The van der Waals surface area contributed by atoms with Crippen molar-refractivity contribution in [2.45, 2.75) is 78.1 Å². The van der Waals surface area contributed by atoms with Crippen LogP contribution in [-0.2, 0) is 18.1 Å². The minimum Gasteiger partial charge on any atom is -0.519 e. The van der Waals surface area contributed by atoms with Gasteiger partial charge in [0.25, 0.3) is 14.3 Å². The van der Waals surface area contributed by atoms with Crippen LogP contribution in [-0.4, -0.2) is 36.8 Å². The number of hydrogen-bond acceptors (Lipinski definition) is 4. The number of hydrogen-bond donors (Lipinski definition) is 0. The molecule has 0 aromatic heterocycles. The third-order valence-electron chi connectivity index (χ3n) is 4.31. The van der Waals surface area contributed by atoms with Gasteiger partial charge in [0.2, 0.25) is 0 Å². The summed E-state index contributed by atoms with van der Waals surface area (Å²) in [5, 5.41) is -0.658. The summed E-state index contributed by atoms with van der Waals surface area (Å²) in [5.74, 6) is -0.141. The van der Waals surface area contributed by atoms with Crippen molar-refractivity contribution in [3.8, 4) is 0 Å². The molecule has 0 spiro atoms. The van der Waals surface area contributed by atoms with Gasteiger partial charge in [-0.25, -0.2) is 0 Å². The van der Waals surface area contributed by atoms with Crippen LogP contribution in [0.1, 0.15) is 54.4 Å². The van der Waals surface area contributed by atoms with E-state index in [0.29, 0.717) is 25.2 Å². The fraction of sp³-hybridized carbons (Fsp3) is 0.933. The average Bonchev–Trinajstić information content (AvgIpc) is 2.44. The highest BCUT2D eigenvalue weighted by molar-refractivity contribution is 6.74. The highest BCUT2D eigenvalue weighted by Gasteiger charge is 2.49. The molecule has 0 aliphatic rings. The van der Waals surface area contributed by atoms with Gasteiger partial charge in [-0.2, -0.15) is 0 Å². The Hall–Kier alpha value is -0.176. The summed E-state index contributed by atoms with van der Waals surface area (Å²) in [5.41, 5.74) is 0.442. The molecular formula is C15H33O4Si2. The van der Waals surface area contributed by atoms with Gasteiger partial charge >= 0.3 is 9.28 Å². The van der Waals surface area contributed by atoms with E-state index in [2.05, 4.69) is 26.9 Å². The Bertz CT molecular complexity index is 317. The maximum absolute atomic E-state index is 12.8. The summed E-state index contributed by atoms with van der Waals surface area (Å²) in [4.78, 5) is 12.8. The van der Waals surface area contributed by atoms with Gasteiger partial charge in [-0.05, 0) is 45.8 Å². The molecule has 0 aromatic carbocycles. The minimum absolute atomic E-state index is 0.141. The summed E-state index contributed by atoms with van der Waals surface area (Å²) in [6, 6.07) is 0. The Labute approximate surface area is 133 Å². The van der Waals surface area contributed by atoms with Crippen LogP contribution in [0.25, 0.3) is 0 Å². The zero-order valence-corrected chi connectivity index (χ0v) is 17.0. The van der Waals surface area contributed by atoms with Crippen molar-refractivity contribution in [3.63, 3.8) is 0 Å². The molecule has 0 aromatic rings. The predicted octanol–water partition coefficient (Wildman–Crippen LogP) is 4.27. The van der Waals surface area contributed by atoms with E-state index >= 15 is 0 Å². The molecule has 0 saturated carbocycles. The lowest BCUT2D eigenvalue weighted by atomic mass is 10.1. The van der Waals surface area contributed by atoms with Crippen LogP contribution in [0.3, 0.4) is 0 Å². The van der Waals surface area contributed by atoms with Crippen LogP contribution >= 0.6 is 0 Å². The van der Waals surface area contributed by atoms with Crippen molar-refractivity contribution in [2.75, 3.05) is 13.2 Å². The van der Waals surface area contributed by atoms with Gasteiger partial charge in [0.1, 0.15) is 5.04 Å². The van der Waals surface area contributed by atoms with Gasteiger partial charge in [-0.3, -0.25) is 4.79 Å². The van der Waals surface area contributed by atoms with E-state index in [1.54, 1.807) is 0 Å². The third-order valence-corrected chi connectivity index (χ3v) is 10.4. The first-order valence-corrected chi connectivity index (χ1v) is 12.4. The molecule has 0 saturated heterocycles. The fourth-order valence-corrected chi connectivity index (χ4v) is 5.68. The van der Waals surface area contributed by atoms with Gasteiger partial charge in [-0.15, -0.1) is 0 Å². The average molecular weight is 334 g/mol. The molecule has 4 nitrogen and oxygen atoms in total. The lowest BCUT2D eigenvalue weighted by molar-refractivity contribution is -0.139. The summed E-state index contributed by atoms with van der Waals surface area (Å²) in [6.45, 7) is 17.4. The van der Waals surface area contributed by atoms with Crippen LogP contribution in [0.15, 0.2) is 0 Å². The normalized spacial score (nSPS) is 16.6. The molecule has 125 valence electrons. The standard InChI is InChI=1S/C15H33O4Si2/c1-9-13(5)21(7,8)19-14(16)15(6,10-2)20(17-11-3)18-12-4/h13H,9-12H2,1-8H3. The van der Waals surface area contributed by atoms with E-state index in [9.17, 15) is 4.79 Å². The zero-order valence-electron chi connectivity index (χ0n) is 15.0. The molecule has 2 atom stereocenters. The molecule has 6 heteroatoms. The van der Waals surface area contributed by atoms with Crippen LogP contribution in [0, 0.1) is 0 Å². The number of carbonyl (C=O) groups is 1. The van der Waals surface area contributed by atoms with Gasteiger partial charge in [0.05, 0.1) is 0 Å². The largest absolute Gasteiger partial charge is 0.519 e. The SMILES string of the molecule is CCO[Si](OCC)C(C)(CC)C(=O)O[Si](C)(C)C(C)CC. The summed E-state index contributed by atoms with van der Waals surface area (Å²) < 4.78 is 17.5. The van der Waals surface area contributed by atoms with E-state index in [1.807, 2.05) is 27.7 Å². The van der Waals surface area contributed by atoms with Crippen molar-refractivity contribution in [1.82, 2.24) is 0 Å². The van der Waals surface area contributed by atoms with Crippen LogP contribution < -0.4 is 0 Å². The van der Waals surface area contributed by atoms with E-state index < -0.39 is 22.6 Å². The lowest BCUT2D eigenvalue weighted by Crippen LogP contribution is -2.47. The van der Waals surface area contributed by atoms with Crippen molar-refractivity contribution in [2.24, 2.45) is 0 Å². The molecule has 0 heterocycles. The summed E-state index contributed by atoms with van der Waals surface area (Å²) >= 11 is 0. The summed E-state index contributed by atoms with van der Waals surface area (Å²) in [7, 11) is -3.72. The Balaban J connectivity index is 5.17. The Morgan fingerprint density at radius 3 is 1.95 bits per heavy atom. The molecule has 0 N–H and O–H groups in total. The lowest BCUT2D eigenvalue weighted by Gasteiger charge is -2.36. The maximum atomic E-state index is 12.8.